The lowest BCUT2D eigenvalue weighted by Crippen LogP contribution is -2.52. The molecule has 0 atom stereocenters. The summed E-state index contributed by atoms with van der Waals surface area (Å²) in [5, 5.41) is 19.5. The van der Waals surface area contributed by atoms with E-state index in [4.69, 9.17) is 9.15 Å². The number of aromatic nitrogens is 4. The molecule has 1 saturated heterocycles. The molecule has 0 bridgehead atoms. The quantitative estimate of drug-likeness (QED) is 0.329. The van der Waals surface area contributed by atoms with Crippen molar-refractivity contribution < 1.29 is 28.2 Å². The number of halogens is 1. The van der Waals surface area contributed by atoms with Gasteiger partial charge in [0.1, 0.15) is 30.3 Å². The normalized spacial score (nSPS) is 13.5. The third-order valence-corrected chi connectivity index (χ3v) is 6.59. The van der Waals surface area contributed by atoms with Gasteiger partial charge in [-0.1, -0.05) is 42.5 Å². The van der Waals surface area contributed by atoms with E-state index in [1.54, 1.807) is 24.3 Å². The number of hydrogen-bond donors (Lipinski definition) is 1. The first-order valence-electron chi connectivity index (χ1n) is 12.8. The van der Waals surface area contributed by atoms with Gasteiger partial charge in [-0.05, 0) is 35.4 Å². The second-order valence-corrected chi connectivity index (χ2v) is 9.34. The standard InChI is InChI=1S/C29H23FN6O5/c30-20-10-8-18(9-11-20)15-22-33-34-28(41-22)25-26(38)24-21(7-4-12-31-24)27(32-25)36-14-13-35(16-23(36)37)29(39)40-17-19-5-2-1-3-6-19/h1-12,38H,13-17H2. The molecule has 206 valence electrons. The number of anilines is 1. The van der Waals surface area contributed by atoms with Gasteiger partial charge in [0.05, 0.1) is 6.42 Å². The molecule has 0 unspecified atom stereocenters. The number of benzene rings is 2. The summed E-state index contributed by atoms with van der Waals surface area (Å²) in [6.07, 6.45) is 1.16. The van der Waals surface area contributed by atoms with Gasteiger partial charge in [-0.25, -0.2) is 14.2 Å². The molecule has 2 aromatic carbocycles. The van der Waals surface area contributed by atoms with Crippen LogP contribution in [0.4, 0.5) is 15.0 Å². The Labute approximate surface area is 232 Å². The van der Waals surface area contributed by atoms with Gasteiger partial charge >= 0.3 is 6.09 Å². The smallest absolute Gasteiger partial charge is 0.410 e. The molecule has 1 aliphatic rings. The molecule has 6 rings (SSSR count). The number of amides is 2. The number of ether oxygens (including phenoxy) is 1. The van der Waals surface area contributed by atoms with Crippen molar-refractivity contribution >= 4 is 28.7 Å². The molecule has 1 fully saturated rings. The number of nitrogens with zero attached hydrogens (tertiary/aromatic N) is 6. The SMILES string of the molecule is O=C(OCc1ccccc1)N1CCN(c2nc(-c3nnc(Cc4ccc(F)cc4)o3)c(O)c3ncccc23)C(=O)C1. The van der Waals surface area contributed by atoms with Crippen molar-refractivity contribution in [3.05, 3.63) is 95.8 Å². The van der Waals surface area contributed by atoms with E-state index in [-0.39, 0.29) is 78.9 Å². The third-order valence-electron chi connectivity index (χ3n) is 6.59. The predicted molar refractivity (Wildman–Crippen MR) is 144 cm³/mol. The maximum atomic E-state index is 13.3. The zero-order valence-corrected chi connectivity index (χ0v) is 21.6. The van der Waals surface area contributed by atoms with Crippen LogP contribution < -0.4 is 4.90 Å². The fourth-order valence-corrected chi connectivity index (χ4v) is 4.52. The fraction of sp³-hybridized carbons (Fsp3) is 0.172. The highest BCUT2D eigenvalue weighted by molar-refractivity contribution is 6.05. The molecule has 1 aliphatic heterocycles. The van der Waals surface area contributed by atoms with Crippen molar-refractivity contribution in [1.82, 2.24) is 25.1 Å². The van der Waals surface area contributed by atoms with Crippen LogP contribution in [0.5, 0.6) is 5.75 Å². The Kier molecular flexibility index (Phi) is 6.94. The molecule has 41 heavy (non-hydrogen) atoms. The highest BCUT2D eigenvalue weighted by Gasteiger charge is 2.32. The summed E-state index contributed by atoms with van der Waals surface area (Å²) in [4.78, 5) is 37.5. The number of hydrogen-bond acceptors (Lipinski definition) is 9. The molecule has 1 N–H and O–H groups in total. The van der Waals surface area contributed by atoms with Crippen molar-refractivity contribution in [2.45, 2.75) is 13.0 Å². The van der Waals surface area contributed by atoms with Crippen LogP contribution in [-0.4, -0.2) is 61.8 Å². The van der Waals surface area contributed by atoms with Crippen molar-refractivity contribution in [1.29, 1.82) is 0 Å². The summed E-state index contributed by atoms with van der Waals surface area (Å²) >= 11 is 0. The maximum Gasteiger partial charge on any atom is 0.410 e. The predicted octanol–water partition coefficient (Wildman–Crippen LogP) is 4.10. The largest absolute Gasteiger partial charge is 0.504 e. The number of rotatable bonds is 6. The van der Waals surface area contributed by atoms with E-state index in [1.165, 1.54) is 28.1 Å². The van der Waals surface area contributed by atoms with E-state index >= 15 is 0 Å². The van der Waals surface area contributed by atoms with Crippen LogP contribution >= 0.6 is 0 Å². The summed E-state index contributed by atoms with van der Waals surface area (Å²) in [5.41, 5.74) is 1.75. The highest BCUT2D eigenvalue weighted by atomic mass is 19.1. The van der Waals surface area contributed by atoms with Crippen LogP contribution in [0.15, 0.2) is 77.3 Å². The Morgan fingerprint density at radius 3 is 2.59 bits per heavy atom. The molecule has 11 nitrogen and oxygen atoms in total. The van der Waals surface area contributed by atoms with E-state index in [0.29, 0.717) is 5.39 Å². The number of aromatic hydroxyl groups is 1. The minimum Gasteiger partial charge on any atom is -0.504 e. The summed E-state index contributed by atoms with van der Waals surface area (Å²) in [7, 11) is 0. The summed E-state index contributed by atoms with van der Waals surface area (Å²) in [6, 6.07) is 18.5. The van der Waals surface area contributed by atoms with Crippen LogP contribution in [0.1, 0.15) is 17.0 Å². The number of carbonyl (C=O) groups is 2. The lowest BCUT2D eigenvalue weighted by Gasteiger charge is -2.33. The van der Waals surface area contributed by atoms with E-state index < -0.39 is 6.09 Å². The van der Waals surface area contributed by atoms with Crippen molar-refractivity contribution in [3.63, 3.8) is 0 Å². The average molecular weight is 555 g/mol. The number of piperazine rings is 1. The molecule has 12 heteroatoms. The van der Waals surface area contributed by atoms with Gasteiger partial charge in [0.15, 0.2) is 11.4 Å². The summed E-state index contributed by atoms with van der Waals surface area (Å²) in [6.45, 7) is 0.234. The number of fused-ring (bicyclic) bond motifs is 1. The monoisotopic (exact) mass is 554 g/mol. The van der Waals surface area contributed by atoms with Gasteiger partial charge < -0.3 is 14.3 Å². The van der Waals surface area contributed by atoms with Gasteiger partial charge in [0, 0.05) is 24.7 Å². The minimum atomic E-state index is -0.590. The van der Waals surface area contributed by atoms with Gasteiger partial charge in [0.25, 0.3) is 5.89 Å². The first-order valence-corrected chi connectivity index (χ1v) is 12.8. The second-order valence-electron chi connectivity index (χ2n) is 9.34. The zero-order valence-electron chi connectivity index (χ0n) is 21.6. The zero-order chi connectivity index (χ0) is 28.3. The Balaban J connectivity index is 1.24. The van der Waals surface area contributed by atoms with Crippen LogP contribution in [0.3, 0.4) is 0 Å². The molecule has 0 spiro atoms. The van der Waals surface area contributed by atoms with Crippen molar-refractivity contribution in [3.8, 4) is 17.3 Å². The molecule has 0 saturated carbocycles. The van der Waals surface area contributed by atoms with Gasteiger partial charge in [-0.15, -0.1) is 10.2 Å². The third kappa shape index (κ3) is 5.39. The highest BCUT2D eigenvalue weighted by Crippen LogP contribution is 2.37. The van der Waals surface area contributed by atoms with Crippen LogP contribution in [0.25, 0.3) is 22.5 Å². The summed E-state index contributed by atoms with van der Waals surface area (Å²) in [5.74, 6) is -0.619. The lowest BCUT2D eigenvalue weighted by molar-refractivity contribution is -0.121. The first-order chi connectivity index (χ1) is 20.0. The van der Waals surface area contributed by atoms with Crippen molar-refractivity contribution in [2.75, 3.05) is 24.5 Å². The molecular weight excluding hydrogens is 531 g/mol. The number of carbonyl (C=O) groups excluding carboxylic acids is 2. The van der Waals surface area contributed by atoms with Crippen LogP contribution in [0, 0.1) is 5.82 Å². The molecular formula is C29H23FN6O5. The van der Waals surface area contributed by atoms with Gasteiger partial charge in [-0.3, -0.25) is 19.6 Å². The van der Waals surface area contributed by atoms with Crippen LogP contribution in [0.2, 0.25) is 0 Å². The Hall–Kier alpha value is -5.39. The molecule has 0 aliphatic carbocycles. The molecule has 5 aromatic rings. The van der Waals surface area contributed by atoms with E-state index in [9.17, 15) is 19.1 Å². The molecule has 0 radical (unpaired) electrons. The first kappa shape index (κ1) is 25.9. The molecule has 4 heterocycles. The Morgan fingerprint density at radius 1 is 1.00 bits per heavy atom. The maximum absolute atomic E-state index is 13.3. The second kappa shape index (κ2) is 11.0. The van der Waals surface area contributed by atoms with Gasteiger partial charge in [-0.2, -0.15) is 0 Å². The lowest BCUT2D eigenvalue weighted by atomic mass is 10.1. The number of pyridine rings is 2. The topological polar surface area (TPSA) is 135 Å². The van der Waals surface area contributed by atoms with E-state index in [0.717, 1.165) is 11.1 Å². The Bertz CT molecular complexity index is 1730. The van der Waals surface area contributed by atoms with Crippen molar-refractivity contribution in [2.24, 2.45) is 0 Å². The van der Waals surface area contributed by atoms with Gasteiger partial charge in [0.2, 0.25) is 11.8 Å². The van der Waals surface area contributed by atoms with E-state index in [2.05, 4.69) is 20.2 Å². The Morgan fingerprint density at radius 2 is 1.80 bits per heavy atom. The van der Waals surface area contributed by atoms with Crippen LogP contribution in [-0.2, 0) is 22.6 Å². The van der Waals surface area contributed by atoms with E-state index in [1.807, 2.05) is 30.3 Å². The molecule has 3 aromatic heterocycles. The fourth-order valence-electron chi connectivity index (χ4n) is 4.52. The summed E-state index contributed by atoms with van der Waals surface area (Å²) < 4.78 is 24.4. The molecule has 2 amide bonds. The average Bonchev–Trinajstić information content (AvgIpc) is 3.46. The minimum absolute atomic E-state index is 0.0402.